The number of hydrogen-bond donors (Lipinski definition) is 1. The van der Waals surface area contributed by atoms with Crippen LogP contribution in [0.1, 0.15) is 31.1 Å². The number of nitriles is 1. The van der Waals surface area contributed by atoms with Crippen molar-refractivity contribution in [3.8, 4) is 17.6 Å². The molecule has 0 heterocycles. The fourth-order valence-electron chi connectivity index (χ4n) is 3.16. The molecule has 1 N–H and O–H groups in total. The van der Waals surface area contributed by atoms with Crippen molar-refractivity contribution in [2.24, 2.45) is 5.92 Å². The van der Waals surface area contributed by atoms with Crippen LogP contribution in [0, 0.1) is 17.2 Å². The second kappa shape index (κ2) is 10.8. The maximum Gasteiger partial charge on any atom is 0.416 e. The first kappa shape index (κ1) is 24.6. The van der Waals surface area contributed by atoms with Gasteiger partial charge in [0.2, 0.25) is 6.10 Å². The molecule has 34 heavy (non-hydrogen) atoms. The third kappa shape index (κ3) is 6.51. The lowest BCUT2D eigenvalue weighted by Gasteiger charge is -2.23. The molecule has 3 aromatic carbocycles. The Bertz CT molecular complexity index is 1140. The number of nitrogens with one attached hydrogen (secondary N) is 1. The van der Waals surface area contributed by atoms with Crippen molar-refractivity contribution < 1.29 is 27.4 Å². The van der Waals surface area contributed by atoms with Gasteiger partial charge >= 0.3 is 12.1 Å². The average molecular weight is 468 g/mol. The van der Waals surface area contributed by atoms with Crippen LogP contribution in [0.5, 0.6) is 11.5 Å². The van der Waals surface area contributed by atoms with E-state index in [1.807, 2.05) is 24.3 Å². The van der Waals surface area contributed by atoms with Crippen LogP contribution in [0.4, 0.5) is 18.9 Å². The van der Waals surface area contributed by atoms with Crippen molar-refractivity contribution in [3.05, 3.63) is 90.0 Å². The highest BCUT2D eigenvalue weighted by atomic mass is 19.4. The summed E-state index contributed by atoms with van der Waals surface area (Å²) >= 11 is 0. The third-order valence-corrected chi connectivity index (χ3v) is 4.95. The smallest absolute Gasteiger partial charge is 0.416 e. The maximum absolute atomic E-state index is 12.9. The molecule has 2 atom stereocenters. The van der Waals surface area contributed by atoms with E-state index in [1.165, 1.54) is 12.1 Å². The summed E-state index contributed by atoms with van der Waals surface area (Å²) in [4.78, 5) is 12.9. The van der Waals surface area contributed by atoms with E-state index in [4.69, 9.17) is 9.47 Å². The highest BCUT2D eigenvalue weighted by molar-refractivity contribution is 5.80. The van der Waals surface area contributed by atoms with Gasteiger partial charge in [0.15, 0.2) is 0 Å². The number of para-hydroxylation sites is 1. The molecule has 0 unspecified atom stereocenters. The zero-order chi connectivity index (χ0) is 24.7. The molecule has 0 fully saturated rings. The van der Waals surface area contributed by atoms with Crippen molar-refractivity contribution in [1.29, 1.82) is 5.26 Å². The molecule has 0 aromatic heterocycles. The van der Waals surface area contributed by atoms with Crippen LogP contribution in [-0.4, -0.2) is 12.0 Å². The number of benzene rings is 3. The lowest BCUT2D eigenvalue weighted by Crippen LogP contribution is -2.36. The summed E-state index contributed by atoms with van der Waals surface area (Å²) in [6.07, 6.45) is -5.64. The number of hydrogen-bond acceptors (Lipinski definition) is 5. The zero-order valence-electron chi connectivity index (χ0n) is 18.5. The highest BCUT2D eigenvalue weighted by Gasteiger charge is 2.31. The minimum atomic E-state index is -4.45. The van der Waals surface area contributed by atoms with Gasteiger partial charge in [-0.05, 0) is 54.4 Å². The number of esters is 1. The number of carbonyl (C=O) groups excluding carboxylic acids is 1. The summed E-state index contributed by atoms with van der Waals surface area (Å²) in [5, 5.41) is 12.5. The number of nitrogens with zero attached hydrogens (tertiary/aromatic N) is 1. The van der Waals surface area contributed by atoms with Crippen LogP contribution in [0.25, 0.3) is 0 Å². The predicted molar refractivity (Wildman–Crippen MR) is 121 cm³/mol. The molecule has 0 saturated carbocycles. The van der Waals surface area contributed by atoms with E-state index in [9.17, 15) is 23.2 Å². The van der Waals surface area contributed by atoms with Crippen molar-refractivity contribution >= 4 is 11.7 Å². The van der Waals surface area contributed by atoms with Gasteiger partial charge in [-0.1, -0.05) is 44.2 Å². The Morgan fingerprint density at radius 1 is 0.941 bits per heavy atom. The van der Waals surface area contributed by atoms with E-state index >= 15 is 0 Å². The van der Waals surface area contributed by atoms with E-state index in [1.54, 1.807) is 50.2 Å². The molecule has 0 bridgehead atoms. The minimum absolute atomic E-state index is 0.262. The quantitative estimate of drug-likeness (QED) is 0.371. The van der Waals surface area contributed by atoms with Gasteiger partial charge in [0.1, 0.15) is 23.6 Å². The largest absolute Gasteiger partial charge is 0.457 e. The van der Waals surface area contributed by atoms with E-state index < -0.39 is 29.9 Å². The average Bonchev–Trinajstić information content (AvgIpc) is 2.81. The van der Waals surface area contributed by atoms with Crippen LogP contribution in [0.2, 0.25) is 0 Å². The summed E-state index contributed by atoms with van der Waals surface area (Å²) in [6.45, 7) is 3.53. The van der Waals surface area contributed by atoms with Gasteiger partial charge in [-0.2, -0.15) is 18.4 Å². The Morgan fingerprint density at radius 2 is 1.59 bits per heavy atom. The molecule has 0 spiro atoms. The Kier molecular flexibility index (Phi) is 7.79. The van der Waals surface area contributed by atoms with Crippen LogP contribution < -0.4 is 10.1 Å². The molecule has 0 aliphatic heterocycles. The Hall–Kier alpha value is -3.99. The van der Waals surface area contributed by atoms with Crippen LogP contribution in [0.3, 0.4) is 0 Å². The van der Waals surface area contributed by atoms with Crippen molar-refractivity contribution in [2.45, 2.75) is 32.2 Å². The van der Waals surface area contributed by atoms with Crippen molar-refractivity contribution in [2.75, 3.05) is 5.32 Å². The fraction of sp³-hybridized carbons (Fsp3) is 0.231. The number of ether oxygens (including phenoxy) is 2. The fourth-order valence-corrected chi connectivity index (χ4v) is 3.16. The van der Waals surface area contributed by atoms with Crippen molar-refractivity contribution in [3.63, 3.8) is 0 Å². The number of anilines is 1. The van der Waals surface area contributed by atoms with Gasteiger partial charge in [0, 0.05) is 11.3 Å². The van der Waals surface area contributed by atoms with E-state index in [0.29, 0.717) is 22.7 Å². The summed E-state index contributed by atoms with van der Waals surface area (Å²) in [7, 11) is 0. The lowest BCUT2D eigenvalue weighted by molar-refractivity contribution is -0.149. The SMILES string of the molecule is CC(C)[C@@H](Nc1ccc(C(F)(F)F)cc1)C(=O)O[C@H](C#N)c1cccc(Oc2ccccc2)c1. The monoisotopic (exact) mass is 468 g/mol. The molecular weight excluding hydrogens is 445 g/mol. The first-order valence-electron chi connectivity index (χ1n) is 10.5. The van der Waals surface area contributed by atoms with Crippen LogP contribution in [-0.2, 0) is 15.7 Å². The topological polar surface area (TPSA) is 71.3 Å². The normalized spacial score (nSPS) is 13.0. The van der Waals surface area contributed by atoms with E-state index in [2.05, 4.69) is 5.32 Å². The molecule has 0 amide bonds. The minimum Gasteiger partial charge on any atom is -0.457 e. The van der Waals surface area contributed by atoms with Gasteiger partial charge in [0.05, 0.1) is 5.56 Å². The number of rotatable bonds is 8. The van der Waals surface area contributed by atoms with Gasteiger partial charge in [-0.3, -0.25) is 0 Å². The summed E-state index contributed by atoms with van der Waals surface area (Å²) < 4.78 is 49.6. The third-order valence-electron chi connectivity index (χ3n) is 4.95. The summed E-state index contributed by atoms with van der Waals surface area (Å²) in [5.41, 5.74) is -0.0272. The Morgan fingerprint density at radius 3 is 2.18 bits per heavy atom. The molecule has 0 aliphatic rings. The van der Waals surface area contributed by atoms with E-state index in [-0.39, 0.29) is 5.92 Å². The summed E-state index contributed by atoms with van der Waals surface area (Å²) in [5.74, 6) is 0.131. The molecule has 5 nitrogen and oxygen atoms in total. The van der Waals surface area contributed by atoms with Gasteiger partial charge in [0.25, 0.3) is 0 Å². The molecule has 0 aliphatic carbocycles. The van der Waals surface area contributed by atoms with Gasteiger partial charge in [-0.15, -0.1) is 0 Å². The van der Waals surface area contributed by atoms with Crippen molar-refractivity contribution in [1.82, 2.24) is 0 Å². The molecule has 8 heteroatoms. The molecule has 3 aromatic rings. The second-order valence-electron chi connectivity index (χ2n) is 7.87. The van der Waals surface area contributed by atoms with Gasteiger partial charge in [-0.25, -0.2) is 4.79 Å². The molecule has 176 valence electrons. The highest BCUT2D eigenvalue weighted by Crippen LogP contribution is 2.30. The Balaban J connectivity index is 1.72. The second-order valence-corrected chi connectivity index (χ2v) is 7.87. The maximum atomic E-state index is 12.9. The molecule has 0 saturated heterocycles. The zero-order valence-corrected chi connectivity index (χ0v) is 18.5. The van der Waals surface area contributed by atoms with Crippen LogP contribution >= 0.6 is 0 Å². The molecular formula is C26H23F3N2O3. The lowest BCUT2D eigenvalue weighted by atomic mass is 10.0. The van der Waals surface area contributed by atoms with E-state index in [0.717, 1.165) is 12.1 Å². The number of carbonyl (C=O) groups is 1. The first-order chi connectivity index (χ1) is 16.2. The standard InChI is InChI=1S/C26H23F3N2O3/c1-17(2)24(31-20-13-11-19(12-14-20)26(27,28)29)25(32)34-23(16-30)18-7-6-10-22(15-18)33-21-8-4-3-5-9-21/h3-15,17,23-24,31H,1-2H3/t23-,24-/m1/s1. The Labute approximate surface area is 195 Å². The number of alkyl halides is 3. The predicted octanol–water partition coefficient (Wildman–Crippen LogP) is 6.74. The van der Waals surface area contributed by atoms with Gasteiger partial charge < -0.3 is 14.8 Å². The molecule has 3 rings (SSSR count). The first-order valence-corrected chi connectivity index (χ1v) is 10.5. The summed E-state index contributed by atoms with van der Waals surface area (Å²) in [6, 6.07) is 21.2. The van der Waals surface area contributed by atoms with Crippen LogP contribution in [0.15, 0.2) is 78.9 Å². The number of halogens is 3. The molecule has 0 radical (unpaired) electrons.